The van der Waals surface area contributed by atoms with E-state index in [0.29, 0.717) is 25.6 Å². The summed E-state index contributed by atoms with van der Waals surface area (Å²) < 4.78 is 5.32. The quantitative estimate of drug-likeness (QED) is 0.694. The highest BCUT2D eigenvalue weighted by Crippen LogP contribution is 2.23. The van der Waals surface area contributed by atoms with Gasteiger partial charge in [0.1, 0.15) is 5.82 Å². The molecule has 4 rings (SSSR count). The van der Waals surface area contributed by atoms with Gasteiger partial charge < -0.3 is 4.74 Å². The van der Waals surface area contributed by atoms with Gasteiger partial charge in [-0.3, -0.25) is 14.7 Å². The second-order valence-electron chi connectivity index (χ2n) is 6.91. The van der Waals surface area contributed by atoms with Crippen LogP contribution in [0.4, 0.5) is 0 Å². The number of Topliss-reactive ketones (excluding diaryl/α,β-unsaturated/α-hetero) is 1. The molecule has 2 aromatic heterocycles. The number of hydrogen-bond acceptors (Lipinski definition) is 6. The van der Waals surface area contributed by atoms with Crippen molar-refractivity contribution in [3.63, 3.8) is 0 Å². The molecule has 0 saturated carbocycles. The molecule has 1 fully saturated rings. The van der Waals surface area contributed by atoms with Gasteiger partial charge in [-0.1, -0.05) is 12.1 Å². The van der Waals surface area contributed by atoms with Crippen molar-refractivity contribution in [1.29, 1.82) is 0 Å². The van der Waals surface area contributed by atoms with E-state index in [2.05, 4.69) is 25.9 Å². The smallest absolute Gasteiger partial charge is 0.154 e. The number of fused-ring (bicyclic) bond motifs is 1. The number of ether oxygens (including phenoxy) is 1. The summed E-state index contributed by atoms with van der Waals surface area (Å²) in [5, 5.41) is 0.962. The summed E-state index contributed by atoms with van der Waals surface area (Å²) in [5.41, 5.74) is 4.08. The van der Waals surface area contributed by atoms with Crippen LogP contribution in [-0.2, 0) is 16.0 Å². The number of benzene rings is 1. The second kappa shape index (κ2) is 7.90. The molecule has 6 heteroatoms. The predicted molar refractivity (Wildman–Crippen MR) is 103 cm³/mol. The topological polar surface area (TPSA) is 68.2 Å². The van der Waals surface area contributed by atoms with Crippen LogP contribution in [0.25, 0.3) is 22.0 Å². The lowest BCUT2D eigenvalue weighted by molar-refractivity contribution is -0.120. The fraction of sp³-hybridized carbons (Fsp3) is 0.333. The molecule has 0 N–H and O–H groups in total. The summed E-state index contributed by atoms with van der Waals surface area (Å²) in [5.74, 6) is 0.704. The van der Waals surface area contributed by atoms with Gasteiger partial charge in [0.2, 0.25) is 0 Å². The van der Waals surface area contributed by atoms with Crippen molar-refractivity contribution in [2.24, 2.45) is 0 Å². The minimum atomic E-state index is 0.135. The van der Waals surface area contributed by atoms with Crippen LogP contribution in [-0.4, -0.2) is 58.5 Å². The zero-order valence-corrected chi connectivity index (χ0v) is 15.4. The highest BCUT2D eigenvalue weighted by molar-refractivity contribution is 5.85. The summed E-state index contributed by atoms with van der Waals surface area (Å²) in [6, 6.07) is 8.18. The van der Waals surface area contributed by atoms with Crippen molar-refractivity contribution in [3.05, 3.63) is 54.2 Å². The maximum Gasteiger partial charge on any atom is 0.154 e. The van der Waals surface area contributed by atoms with Gasteiger partial charge in [0.05, 0.1) is 31.7 Å². The number of rotatable bonds is 5. The van der Waals surface area contributed by atoms with Crippen molar-refractivity contribution in [1.82, 2.24) is 19.9 Å². The third-order valence-corrected chi connectivity index (χ3v) is 4.70. The number of morpholine rings is 1. The van der Waals surface area contributed by atoms with Crippen LogP contribution in [0, 0.1) is 6.92 Å². The van der Waals surface area contributed by atoms with Crippen LogP contribution in [0.2, 0.25) is 0 Å². The SMILES string of the molecule is Cc1cncc(-c2ccc3cnc(CC(=O)CN4CCOCC4)nc3c2)c1. The van der Waals surface area contributed by atoms with Gasteiger partial charge in [0.15, 0.2) is 5.78 Å². The molecule has 27 heavy (non-hydrogen) atoms. The minimum absolute atomic E-state index is 0.135. The van der Waals surface area contributed by atoms with Gasteiger partial charge in [-0.2, -0.15) is 0 Å². The number of aromatic nitrogens is 3. The van der Waals surface area contributed by atoms with Gasteiger partial charge in [0, 0.05) is 42.6 Å². The van der Waals surface area contributed by atoms with E-state index in [1.54, 1.807) is 6.20 Å². The fourth-order valence-electron chi connectivity index (χ4n) is 3.28. The first kappa shape index (κ1) is 17.7. The molecule has 138 valence electrons. The Hall–Kier alpha value is -2.70. The Morgan fingerprint density at radius 1 is 1.11 bits per heavy atom. The van der Waals surface area contributed by atoms with E-state index in [1.165, 1.54) is 0 Å². The van der Waals surface area contributed by atoms with E-state index in [1.807, 2.05) is 37.5 Å². The minimum Gasteiger partial charge on any atom is -0.379 e. The first-order valence-electron chi connectivity index (χ1n) is 9.17. The summed E-state index contributed by atoms with van der Waals surface area (Å²) in [4.78, 5) is 27.7. The molecule has 0 spiro atoms. The lowest BCUT2D eigenvalue weighted by atomic mass is 10.0. The van der Waals surface area contributed by atoms with E-state index in [-0.39, 0.29) is 12.2 Å². The number of pyridine rings is 1. The van der Waals surface area contributed by atoms with Gasteiger partial charge in [-0.15, -0.1) is 0 Å². The molecule has 0 unspecified atom stereocenters. The standard InChI is InChI=1S/C21H22N4O2/c1-15-8-18(12-22-11-15)16-2-3-17-13-23-21(24-20(17)9-16)10-19(26)14-25-4-6-27-7-5-25/h2-3,8-9,11-13H,4-7,10,14H2,1H3. The predicted octanol–water partition coefficient (Wildman–Crippen LogP) is 2.44. The average Bonchev–Trinajstić information content (AvgIpc) is 2.68. The van der Waals surface area contributed by atoms with Crippen molar-refractivity contribution >= 4 is 16.7 Å². The third kappa shape index (κ3) is 4.35. The Morgan fingerprint density at radius 2 is 1.96 bits per heavy atom. The van der Waals surface area contributed by atoms with Gasteiger partial charge in [-0.05, 0) is 30.2 Å². The maximum absolute atomic E-state index is 12.4. The van der Waals surface area contributed by atoms with Crippen LogP contribution < -0.4 is 0 Å². The third-order valence-electron chi connectivity index (χ3n) is 4.70. The molecule has 1 aliphatic heterocycles. The van der Waals surface area contributed by atoms with Gasteiger partial charge in [-0.25, -0.2) is 9.97 Å². The molecular formula is C21H22N4O2. The number of carbonyl (C=O) groups is 1. The van der Waals surface area contributed by atoms with Gasteiger partial charge >= 0.3 is 0 Å². The molecule has 1 aromatic carbocycles. The lowest BCUT2D eigenvalue weighted by Gasteiger charge is -2.25. The molecule has 1 saturated heterocycles. The molecular weight excluding hydrogens is 340 g/mol. The normalized spacial score (nSPS) is 15.1. The zero-order chi connectivity index (χ0) is 18.6. The summed E-state index contributed by atoms with van der Waals surface area (Å²) >= 11 is 0. The van der Waals surface area contributed by atoms with E-state index in [4.69, 9.17) is 4.74 Å². The number of aryl methyl sites for hydroxylation is 1. The molecule has 3 heterocycles. The van der Waals surface area contributed by atoms with E-state index in [0.717, 1.165) is 40.7 Å². The first-order chi connectivity index (χ1) is 13.2. The fourth-order valence-corrected chi connectivity index (χ4v) is 3.28. The van der Waals surface area contributed by atoms with Crippen LogP contribution in [0.1, 0.15) is 11.4 Å². The number of hydrogen-bond donors (Lipinski definition) is 0. The van der Waals surface area contributed by atoms with Crippen LogP contribution >= 0.6 is 0 Å². The van der Waals surface area contributed by atoms with Crippen molar-refractivity contribution in [3.8, 4) is 11.1 Å². The maximum atomic E-state index is 12.4. The lowest BCUT2D eigenvalue weighted by Crippen LogP contribution is -2.40. The summed E-state index contributed by atoms with van der Waals surface area (Å²) in [6.07, 6.45) is 5.73. The molecule has 0 radical (unpaired) electrons. The summed E-state index contributed by atoms with van der Waals surface area (Å²) in [6.45, 7) is 5.45. The highest BCUT2D eigenvalue weighted by Gasteiger charge is 2.15. The van der Waals surface area contributed by atoms with E-state index in [9.17, 15) is 4.79 Å². The van der Waals surface area contributed by atoms with Crippen LogP contribution in [0.15, 0.2) is 42.9 Å². The first-order valence-corrected chi connectivity index (χ1v) is 9.17. The largest absolute Gasteiger partial charge is 0.379 e. The van der Waals surface area contributed by atoms with Crippen LogP contribution in [0.3, 0.4) is 0 Å². The Balaban J connectivity index is 1.53. The molecule has 3 aromatic rings. The highest BCUT2D eigenvalue weighted by atomic mass is 16.5. The molecule has 0 atom stereocenters. The van der Waals surface area contributed by atoms with E-state index >= 15 is 0 Å². The average molecular weight is 362 g/mol. The Labute approximate surface area is 158 Å². The van der Waals surface area contributed by atoms with Crippen molar-refractivity contribution in [2.45, 2.75) is 13.3 Å². The molecule has 0 aliphatic carbocycles. The molecule has 1 aliphatic rings. The Kier molecular flexibility index (Phi) is 5.18. The molecule has 0 bridgehead atoms. The Bertz CT molecular complexity index is 967. The van der Waals surface area contributed by atoms with Crippen LogP contribution in [0.5, 0.6) is 0 Å². The van der Waals surface area contributed by atoms with E-state index < -0.39 is 0 Å². The molecule has 6 nitrogen and oxygen atoms in total. The number of carbonyl (C=O) groups excluding carboxylic acids is 1. The second-order valence-corrected chi connectivity index (χ2v) is 6.91. The molecule has 0 amide bonds. The number of ketones is 1. The van der Waals surface area contributed by atoms with Crippen molar-refractivity contribution < 1.29 is 9.53 Å². The van der Waals surface area contributed by atoms with Gasteiger partial charge in [0.25, 0.3) is 0 Å². The van der Waals surface area contributed by atoms with Crippen molar-refractivity contribution in [2.75, 3.05) is 32.8 Å². The number of nitrogens with zero attached hydrogens (tertiary/aromatic N) is 4. The monoisotopic (exact) mass is 362 g/mol. The Morgan fingerprint density at radius 3 is 2.78 bits per heavy atom. The summed E-state index contributed by atoms with van der Waals surface area (Å²) in [7, 11) is 0. The zero-order valence-electron chi connectivity index (χ0n) is 15.4.